The average molecular weight is 973 g/mol. The van der Waals surface area contributed by atoms with Crippen molar-refractivity contribution in [2.45, 2.75) is 309 Å². The van der Waals surface area contributed by atoms with Crippen LogP contribution in [-0.4, -0.2) is 70.0 Å². The van der Waals surface area contributed by atoms with Gasteiger partial charge in [-0.15, -0.1) is 0 Å². The lowest BCUT2D eigenvalue weighted by molar-refractivity contribution is -0.870. The molecule has 0 amide bonds. The number of hydrogen-bond donors (Lipinski definition) is 0. The van der Waals surface area contributed by atoms with Gasteiger partial charge in [-0.05, 0) is 12.8 Å². The van der Waals surface area contributed by atoms with Crippen molar-refractivity contribution < 1.29 is 42.1 Å². The van der Waals surface area contributed by atoms with E-state index >= 15 is 0 Å². The number of rotatable bonds is 55. The molecule has 10 heteroatoms. The number of unbranched alkanes of at least 4 members (excludes halogenated alkanes) is 41. The second-order valence-electron chi connectivity index (χ2n) is 21.4. The van der Waals surface area contributed by atoms with Crippen LogP contribution in [0.4, 0.5) is 0 Å². The number of ether oxygens (including phenoxy) is 2. The van der Waals surface area contributed by atoms with Crippen LogP contribution in [0.15, 0.2) is 0 Å². The molecular formula is C57H114NO8P. The lowest BCUT2D eigenvalue weighted by atomic mass is 10.0. The summed E-state index contributed by atoms with van der Waals surface area (Å²) in [6.45, 7) is 4.25. The van der Waals surface area contributed by atoms with E-state index in [2.05, 4.69) is 13.8 Å². The molecule has 9 nitrogen and oxygen atoms in total. The van der Waals surface area contributed by atoms with Crippen molar-refractivity contribution in [3.05, 3.63) is 0 Å². The van der Waals surface area contributed by atoms with Crippen molar-refractivity contribution in [1.29, 1.82) is 0 Å². The molecule has 0 rings (SSSR count). The Bertz CT molecular complexity index is 1100. The summed E-state index contributed by atoms with van der Waals surface area (Å²) < 4.78 is 34.0. The minimum absolute atomic E-state index is 0.0257. The van der Waals surface area contributed by atoms with Gasteiger partial charge in [0, 0.05) is 12.8 Å². The molecule has 0 saturated heterocycles. The van der Waals surface area contributed by atoms with E-state index in [1.54, 1.807) is 0 Å². The van der Waals surface area contributed by atoms with Gasteiger partial charge in [-0.3, -0.25) is 14.2 Å². The van der Waals surface area contributed by atoms with Crippen LogP contribution in [0.1, 0.15) is 303 Å². The lowest BCUT2D eigenvalue weighted by Gasteiger charge is -2.28. The number of hydrogen-bond acceptors (Lipinski definition) is 8. The second-order valence-corrected chi connectivity index (χ2v) is 22.8. The van der Waals surface area contributed by atoms with E-state index in [1.165, 1.54) is 238 Å². The van der Waals surface area contributed by atoms with Crippen LogP contribution in [0, 0.1) is 0 Å². The van der Waals surface area contributed by atoms with Crippen LogP contribution in [-0.2, 0) is 32.7 Å². The molecule has 67 heavy (non-hydrogen) atoms. The van der Waals surface area contributed by atoms with E-state index < -0.39 is 26.5 Å². The Morgan fingerprint density at radius 1 is 0.403 bits per heavy atom. The minimum Gasteiger partial charge on any atom is -0.756 e. The quantitative estimate of drug-likeness (QED) is 0.0256. The van der Waals surface area contributed by atoms with E-state index in [0.29, 0.717) is 17.4 Å². The number of esters is 2. The predicted molar refractivity (Wildman–Crippen MR) is 282 cm³/mol. The minimum atomic E-state index is -4.62. The molecule has 0 aliphatic heterocycles. The number of phosphoric acid groups is 1. The smallest absolute Gasteiger partial charge is 0.306 e. The Balaban J connectivity index is 3.80. The topological polar surface area (TPSA) is 111 Å². The Morgan fingerprint density at radius 2 is 0.672 bits per heavy atom. The van der Waals surface area contributed by atoms with Crippen molar-refractivity contribution >= 4 is 19.8 Å². The Hall–Kier alpha value is -0.990. The van der Waals surface area contributed by atoms with Gasteiger partial charge in [-0.2, -0.15) is 0 Å². The van der Waals surface area contributed by atoms with Gasteiger partial charge >= 0.3 is 11.9 Å². The van der Waals surface area contributed by atoms with Gasteiger partial charge in [0.1, 0.15) is 19.8 Å². The van der Waals surface area contributed by atoms with Crippen molar-refractivity contribution in [2.24, 2.45) is 0 Å². The second kappa shape index (κ2) is 50.0. The lowest BCUT2D eigenvalue weighted by Crippen LogP contribution is -2.37. The highest BCUT2D eigenvalue weighted by atomic mass is 31.2. The Morgan fingerprint density at radius 3 is 0.955 bits per heavy atom. The zero-order valence-corrected chi connectivity index (χ0v) is 46.3. The van der Waals surface area contributed by atoms with Gasteiger partial charge in [0.15, 0.2) is 6.10 Å². The van der Waals surface area contributed by atoms with Crippen LogP contribution in [0.25, 0.3) is 0 Å². The third kappa shape index (κ3) is 54.2. The zero-order valence-electron chi connectivity index (χ0n) is 45.4. The van der Waals surface area contributed by atoms with Crippen LogP contribution in [0.3, 0.4) is 0 Å². The molecule has 0 radical (unpaired) electrons. The summed E-state index contributed by atoms with van der Waals surface area (Å²) in [5.74, 6) is -0.821. The fraction of sp³-hybridized carbons (Fsp3) is 0.965. The summed E-state index contributed by atoms with van der Waals surface area (Å²) in [7, 11) is 1.19. The molecule has 0 aliphatic carbocycles. The molecule has 0 aromatic heterocycles. The summed E-state index contributed by atoms with van der Waals surface area (Å²) in [5.41, 5.74) is 0. The van der Waals surface area contributed by atoms with Crippen molar-refractivity contribution in [3.63, 3.8) is 0 Å². The molecule has 400 valence electrons. The van der Waals surface area contributed by atoms with Gasteiger partial charge in [0.25, 0.3) is 7.82 Å². The van der Waals surface area contributed by atoms with E-state index in [1.807, 2.05) is 21.1 Å². The molecule has 0 heterocycles. The first-order chi connectivity index (χ1) is 32.5. The maximum atomic E-state index is 12.7. The fourth-order valence-corrected chi connectivity index (χ4v) is 9.57. The largest absolute Gasteiger partial charge is 0.756 e. The van der Waals surface area contributed by atoms with Crippen LogP contribution >= 0.6 is 7.82 Å². The third-order valence-corrected chi connectivity index (χ3v) is 14.3. The summed E-state index contributed by atoms with van der Waals surface area (Å²) in [5, 5.41) is 0. The Kier molecular flexibility index (Phi) is 49.2. The zero-order chi connectivity index (χ0) is 49.2. The van der Waals surface area contributed by atoms with Crippen molar-refractivity contribution in [3.8, 4) is 0 Å². The Labute approximate surface area is 416 Å². The molecule has 0 N–H and O–H groups in total. The predicted octanol–water partition coefficient (Wildman–Crippen LogP) is 17.2. The van der Waals surface area contributed by atoms with Crippen molar-refractivity contribution in [2.75, 3.05) is 47.5 Å². The van der Waals surface area contributed by atoms with E-state index in [4.69, 9.17) is 18.5 Å². The summed E-state index contributed by atoms with van der Waals surface area (Å²) in [6, 6.07) is 0. The molecule has 0 aromatic rings. The SMILES string of the molecule is CCCCCCCCCCCCCCCCCCCCCCCCCCCCCCCCCCCCCC(=O)OC(COC(=O)CCCCCCCCCC)COP(=O)([O-])OCC[N+](C)(C)C. The van der Waals surface area contributed by atoms with Gasteiger partial charge in [-0.1, -0.05) is 277 Å². The van der Waals surface area contributed by atoms with Gasteiger partial charge < -0.3 is 27.9 Å². The van der Waals surface area contributed by atoms with E-state index in [9.17, 15) is 19.0 Å². The summed E-state index contributed by atoms with van der Waals surface area (Å²) >= 11 is 0. The third-order valence-electron chi connectivity index (χ3n) is 13.4. The highest BCUT2D eigenvalue weighted by molar-refractivity contribution is 7.45. The number of likely N-dealkylation sites (N-methyl/N-ethyl adjacent to an activating group) is 1. The van der Waals surface area contributed by atoms with E-state index in [-0.39, 0.29) is 32.0 Å². The normalized spacial score (nSPS) is 13.2. The summed E-state index contributed by atoms with van der Waals surface area (Å²) in [4.78, 5) is 37.5. The number of nitrogens with zero attached hydrogens (tertiary/aromatic N) is 1. The maximum absolute atomic E-state index is 12.7. The van der Waals surface area contributed by atoms with E-state index in [0.717, 1.165) is 32.1 Å². The van der Waals surface area contributed by atoms with Crippen LogP contribution in [0.5, 0.6) is 0 Å². The molecule has 0 bridgehead atoms. The molecule has 0 aromatic carbocycles. The van der Waals surface area contributed by atoms with Crippen LogP contribution < -0.4 is 4.89 Å². The molecular weight excluding hydrogens is 858 g/mol. The first kappa shape index (κ1) is 66.0. The van der Waals surface area contributed by atoms with Crippen molar-refractivity contribution in [1.82, 2.24) is 0 Å². The highest BCUT2D eigenvalue weighted by Crippen LogP contribution is 2.38. The first-order valence-electron chi connectivity index (χ1n) is 29.2. The monoisotopic (exact) mass is 972 g/mol. The summed E-state index contributed by atoms with van der Waals surface area (Å²) in [6.07, 6.45) is 56.4. The number of phosphoric ester groups is 1. The maximum Gasteiger partial charge on any atom is 0.306 e. The molecule has 0 saturated carbocycles. The van der Waals surface area contributed by atoms with Gasteiger partial charge in [0.05, 0.1) is 27.7 Å². The average Bonchev–Trinajstić information content (AvgIpc) is 3.29. The number of quaternary nitrogens is 1. The standard InChI is InChI=1S/C57H114NO8P/c1-6-8-10-12-14-16-17-18-19-20-21-22-23-24-25-26-27-28-29-30-31-32-33-34-35-36-37-38-39-40-41-42-44-46-48-50-57(60)66-55(54-65-67(61,62)64-52-51-58(3,4)5)53-63-56(59)49-47-45-43-15-13-11-9-7-2/h55H,6-54H2,1-5H3. The molecule has 0 spiro atoms. The molecule has 2 unspecified atom stereocenters. The molecule has 0 fully saturated rings. The number of carbonyl (C=O) groups excluding carboxylic acids is 2. The van der Waals surface area contributed by atoms with Crippen LogP contribution in [0.2, 0.25) is 0 Å². The van der Waals surface area contributed by atoms with Gasteiger partial charge in [-0.25, -0.2) is 0 Å². The highest BCUT2D eigenvalue weighted by Gasteiger charge is 2.22. The number of carbonyl (C=O) groups is 2. The molecule has 0 aliphatic rings. The first-order valence-corrected chi connectivity index (χ1v) is 30.7. The molecule has 2 atom stereocenters. The van der Waals surface area contributed by atoms with Gasteiger partial charge in [0.2, 0.25) is 0 Å². The fourth-order valence-electron chi connectivity index (χ4n) is 8.84.